The first-order chi connectivity index (χ1) is 7.02. The molecular formula is C10H12FNO3. The highest BCUT2D eigenvalue weighted by molar-refractivity contribution is 5.95. The smallest absolute Gasteiger partial charge is 0.342 e. The standard InChI is InChI=1S/C10H12FNO3/c1-5-7(12)4-6(11)9(14-2)8(5)10(13)15-3/h4H,12H2,1-3H3. The molecule has 0 bridgehead atoms. The Kier molecular flexibility index (Phi) is 3.14. The number of nitrogen functional groups attached to an aromatic ring is 1. The Hall–Kier alpha value is -1.78. The second-order valence-corrected chi connectivity index (χ2v) is 2.97. The molecule has 15 heavy (non-hydrogen) atoms. The van der Waals surface area contributed by atoms with Crippen molar-refractivity contribution in [3.05, 3.63) is 23.0 Å². The number of esters is 1. The predicted molar refractivity (Wildman–Crippen MR) is 53.4 cm³/mol. The summed E-state index contributed by atoms with van der Waals surface area (Å²) in [6, 6.07) is 1.11. The van der Waals surface area contributed by atoms with E-state index in [4.69, 9.17) is 10.5 Å². The quantitative estimate of drug-likeness (QED) is 0.597. The highest BCUT2D eigenvalue weighted by Gasteiger charge is 2.21. The van der Waals surface area contributed by atoms with Crippen LogP contribution in [0.25, 0.3) is 0 Å². The number of benzene rings is 1. The van der Waals surface area contributed by atoms with Gasteiger partial charge in [-0.15, -0.1) is 0 Å². The van der Waals surface area contributed by atoms with Crippen molar-refractivity contribution < 1.29 is 18.7 Å². The summed E-state index contributed by atoms with van der Waals surface area (Å²) in [7, 11) is 2.49. The van der Waals surface area contributed by atoms with Crippen LogP contribution in [-0.4, -0.2) is 20.2 Å². The molecule has 0 spiro atoms. The van der Waals surface area contributed by atoms with Crippen molar-refractivity contribution in [2.24, 2.45) is 0 Å². The highest BCUT2D eigenvalue weighted by atomic mass is 19.1. The number of carbonyl (C=O) groups excluding carboxylic acids is 1. The summed E-state index contributed by atoms with van der Waals surface area (Å²) >= 11 is 0. The zero-order valence-electron chi connectivity index (χ0n) is 8.76. The molecular weight excluding hydrogens is 201 g/mol. The number of halogens is 1. The van der Waals surface area contributed by atoms with Crippen molar-refractivity contribution in [2.45, 2.75) is 6.92 Å². The minimum atomic E-state index is -0.680. The van der Waals surface area contributed by atoms with Crippen LogP contribution in [0.3, 0.4) is 0 Å². The number of nitrogens with two attached hydrogens (primary N) is 1. The molecule has 5 heteroatoms. The summed E-state index contributed by atoms with van der Waals surface area (Å²) < 4.78 is 22.7. The molecule has 0 heterocycles. The van der Waals surface area contributed by atoms with E-state index >= 15 is 0 Å². The third kappa shape index (κ3) is 1.86. The van der Waals surface area contributed by atoms with Gasteiger partial charge in [-0.3, -0.25) is 0 Å². The van der Waals surface area contributed by atoms with Crippen molar-refractivity contribution in [3.8, 4) is 5.75 Å². The molecule has 1 aromatic rings. The van der Waals surface area contributed by atoms with Gasteiger partial charge in [-0.2, -0.15) is 0 Å². The van der Waals surface area contributed by atoms with E-state index in [2.05, 4.69) is 4.74 Å². The van der Waals surface area contributed by atoms with Crippen LogP contribution in [0.2, 0.25) is 0 Å². The van der Waals surface area contributed by atoms with Gasteiger partial charge in [0.05, 0.1) is 14.2 Å². The van der Waals surface area contributed by atoms with Crippen molar-refractivity contribution in [1.29, 1.82) is 0 Å². The van der Waals surface area contributed by atoms with E-state index in [0.29, 0.717) is 5.56 Å². The van der Waals surface area contributed by atoms with Gasteiger partial charge in [-0.05, 0) is 12.5 Å². The second kappa shape index (κ2) is 4.16. The number of carbonyl (C=O) groups is 1. The number of hydrogen-bond donors (Lipinski definition) is 1. The fourth-order valence-corrected chi connectivity index (χ4v) is 1.29. The van der Waals surface area contributed by atoms with E-state index in [1.807, 2.05) is 0 Å². The van der Waals surface area contributed by atoms with Gasteiger partial charge >= 0.3 is 5.97 Å². The average molecular weight is 213 g/mol. The predicted octanol–water partition coefficient (Wildman–Crippen LogP) is 1.51. The van der Waals surface area contributed by atoms with E-state index in [-0.39, 0.29) is 17.0 Å². The largest absolute Gasteiger partial charge is 0.493 e. The summed E-state index contributed by atoms with van der Waals surface area (Å²) in [4.78, 5) is 11.4. The Morgan fingerprint density at radius 1 is 1.47 bits per heavy atom. The average Bonchev–Trinajstić information content (AvgIpc) is 2.21. The number of hydrogen-bond acceptors (Lipinski definition) is 4. The van der Waals surface area contributed by atoms with Crippen molar-refractivity contribution in [3.63, 3.8) is 0 Å². The lowest BCUT2D eigenvalue weighted by atomic mass is 10.1. The van der Waals surface area contributed by atoms with Crippen LogP contribution >= 0.6 is 0 Å². The van der Waals surface area contributed by atoms with Gasteiger partial charge in [0, 0.05) is 11.8 Å². The third-order valence-electron chi connectivity index (χ3n) is 2.13. The Bertz CT molecular complexity index is 404. The van der Waals surface area contributed by atoms with Crippen LogP contribution in [0.15, 0.2) is 6.07 Å². The highest BCUT2D eigenvalue weighted by Crippen LogP contribution is 2.30. The normalized spacial score (nSPS) is 9.87. The van der Waals surface area contributed by atoms with E-state index in [1.54, 1.807) is 6.92 Å². The van der Waals surface area contributed by atoms with Crippen molar-refractivity contribution in [1.82, 2.24) is 0 Å². The first-order valence-electron chi connectivity index (χ1n) is 4.23. The molecule has 82 valence electrons. The molecule has 0 atom stereocenters. The van der Waals surface area contributed by atoms with Gasteiger partial charge in [0.2, 0.25) is 0 Å². The van der Waals surface area contributed by atoms with E-state index in [9.17, 15) is 9.18 Å². The lowest BCUT2D eigenvalue weighted by Gasteiger charge is -2.12. The zero-order valence-corrected chi connectivity index (χ0v) is 8.76. The van der Waals surface area contributed by atoms with Crippen LogP contribution in [0.4, 0.5) is 10.1 Å². The summed E-state index contributed by atoms with van der Waals surface area (Å²) in [6.07, 6.45) is 0. The second-order valence-electron chi connectivity index (χ2n) is 2.97. The van der Waals surface area contributed by atoms with Crippen LogP contribution < -0.4 is 10.5 Å². The molecule has 4 nitrogen and oxygen atoms in total. The lowest BCUT2D eigenvalue weighted by molar-refractivity contribution is 0.0595. The zero-order chi connectivity index (χ0) is 11.6. The molecule has 0 aliphatic rings. The maximum absolute atomic E-state index is 13.4. The number of rotatable bonds is 2. The monoisotopic (exact) mass is 213 g/mol. The van der Waals surface area contributed by atoms with Gasteiger partial charge in [-0.1, -0.05) is 0 Å². The molecule has 0 aromatic heterocycles. The first-order valence-corrected chi connectivity index (χ1v) is 4.23. The molecule has 0 radical (unpaired) electrons. The van der Waals surface area contributed by atoms with E-state index in [0.717, 1.165) is 6.07 Å². The van der Waals surface area contributed by atoms with Gasteiger partial charge in [-0.25, -0.2) is 9.18 Å². The SMILES string of the molecule is COC(=O)c1c(C)c(N)cc(F)c1OC. The van der Waals surface area contributed by atoms with Crippen LogP contribution in [-0.2, 0) is 4.74 Å². The Balaban J connectivity index is 3.50. The summed E-state index contributed by atoms with van der Waals surface area (Å²) in [5.74, 6) is -1.50. The van der Waals surface area contributed by atoms with Crippen LogP contribution in [0.5, 0.6) is 5.75 Å². The molecule has 1 rings (SSSR count). The van der Waals surface area contributed by atoms with Crippen molar-refractivity contribution in [2.75, 3.05) is 20.0 Å². The molecule has 0 fully saturated rings. The Morgan fingerprint density at radius 3 is 2.53 bits per heavy atom. The number of ether oxygens (including phenoxy) is 2. The molecule has 0 unspecified atom stereocenters. The fraction of sp³-hybridized carbons (Fsp3) is 0.300. The molecule has 0 saturated heterocycles. The molecule has 0 amide bonds. The van der Waals surface area contributed by atoms with Gasteiger partial charge < -0.3 is 15.2 Å². The summed E-state index contributed by atoms with van der Waals surface area (Å²) in [5.41, 5.74) is 6.19. The van der Waals surface area contributed by atoms with Gasteiger partial charge in [0.15, 0.2) is 11.6 Å². The maximum Gasteiger partial charge on any atom is 0.342 e. The van der Waals surface area contributed by atoms with E-state index < -0.39 is 11.8 Å². The number of methoxy groups -OCH3 is 2. The topological polar surface area (TPSA) is 61.5 Å². The Morgan fingerprint density at radius 2 is 2.07 bits per heavy atom. The molecule has 2 N–H and O–H groups in total. The fourth-order valence-electron chi connectivity index (χ4n) is 1.29. The third-order valence-corrected chi connectivity index (χ3v) is 2.13. The van der Waals surface area contributed by atoms with Gasteiger partial charge in [0.25, 0.3) is 0 Å². The number of anilines is 1. The molecule has 0 saturated carbocycles. The molecule has 0 aliphatic carbocycles. The van der Waals surface area contributed by atoms with Crippen molar-refractivity contribution >= 4 is 11.7 Å². The first kappa shape index (κ1) is 11.3. The molecule has 0 aliphatic heterocycles. The lowest BCUT2D eigenvalue weighted by Crippen LogP contribution is -2.10. The summed E-state index contributed by atoms with van der Waals surface area (Å²) in [5, 5.41) is 0. The van der Waals surface area contributed by atoms with Crippen LogP contribution in [0, 0.1) is 12.7 Å². The minimum absolute atomic E-state index is 0.0255. The van der Waals surface area contributed by atoms with E-state index in [1.165, 1.54) is 14.2 Å². The molecule has 1 aromatic carbocycles. The van der Waals surface area contributed by atoms with Gasteiger partial charge in [0.1, 0.15) is 5.56 Å². The Labute approximate surface area is 86.8 Å². The maximum atomic E-state index is 13.4. The summed E-state index contributed by atoms with van der Waals surface area (Å²) in [6.45, 7) is 1.60. The minimum Gasteiger partial charge on any atom is -0.493 e. The van der Waals surface area contributed by atoms with Crippen LogP contribution in [0.1, 0.15) is 15.9 Å².